The lowest BCUT2D eigenvalue weighted by Crippen LogP contribution is -1.96. The van der Waals surface area contributed by atoms with Gasteiger partial charge in [-0.15, -0.1) is 46.2 Å². The maximum Gasteiger partial charge on any atom is 0.110 e. The van der Waals surface area contributed by atoms with Crippen LogP contribution in [0.25, 0.3) is 8.47 Å². The predicted molar refractivity (Wildman–Crippen MR) is 138 cm³/mol. The van der Waals surface area contributed by atoms with E-state index in [-0.39, 0.29) is 0 Å². The van der Waals surface area contributed by atoms with Crippen LogP contribution in [0.1, 0.15) is 13.8 Å². The third kappa shape index (κ3) is 4.93. The zero-order valence-corrected chi connectivity index (χ0v) is 22.9. The van der Waals surface area contributed by atoms with Gasteiger partial charge in [-0.1, -0.05) is 73.1 Å². The lowest BCUT2D eigenvalue weighted by Gasteiger charge is -1.99. The fraction of sp³-hybridized carbons (Fsp3) is 0.308. The van der Waals surface area contributed by atoms with Crippen molar-refractivity contribution in [3.05, 3.63) is 28.3 Å². The van der Waals surface area contributed by atoms with Gasteiger partial charge in [-0.25, -0.2) is 0 Å². The number of thioether (sulfide) groups is 6. The molecule has 1 aromatic rings. The van der Waals surface area contributed by atoms with Gasteiger partial charge in [0.25, 0.3) is 0 Å². The van der Waals surface area contributed by atoms with Gasteiger partial charge in [-0.2, -0.15) is 0 Å². The second kappa shape index (κ2) is 9.84. The van der Waals surface area contributed by atoms with E-state index in [1.54, 1.807) is 34.9 Å². The van der Waals surface area contributed by atoms with E-state index in [0.29, 0.717) is 0 Å². The van der Waals surface area contributed by atoms with Crippen LogP contribution >= 0.6 is 137 Å². The van der Waals surface area contributed by atoms with Gasteiger partial charge in [0.05, 0.1) is 29.1 Å². The lowest BCUT2D eigenvalue weighted by molar-refractivity contribution is 1.53. The zero-order chi connectivity index (χ0) is 17.3. The van der Waals surface area contributed by atoms with Crippen LogP contribution in [-0.2, 0) is 0 Å². The molecule has 0 saturated heterocycles. The molecule has 0 aliphatic carbocycles. The van der Waals surface area contributed by atoms with Crippen LogP contribution in [-0.4, -0.2) is 11.5 Å². The van der Waals surface area contributed by atoms with Gasteiger partial charge in [0.2, 0.25) is 0 Å². The van der Waals surface area contributed by atoms with E-state index >= 15 is 0 Å². The molecule has 0 nitrogen and oxygen atoms in total. The SMILES string of the molecule is CCSC1=C(SCC)SC(=c2sc(=C3SC(Br)=C(Br)S3)sc2=S)S1. The molecule has 1 aromatic heterocycles. The maximum atomic E-state index is 5.69. The summed E-state index contributed by atoms with van der Waals surface area (Å²) in [5.74, 6) is 2.23. The Morgan fingerprint density at radius 2 is 1.38 bits per heavy atom. The Bertz CT molecular complexity index is 853. The van der Waals surface area contributed by atoms with Crippen molar-refractivity contribution in [3.8, 4) is 0 Å². The number of hydrogen-bond donors (Lipinski definition) is 0. The van der Waals surface area contributed by atoms with Gasteiger partial charge in [0.15, 0.2) is 0 Å². The van der Waals surface area contributed by atoms with E-state index in [4.69, 9.17) is 12.2 Å². The van der Waals surface area contributed by atoms with Crippen LogP contribution in [0.15, 0.2) is 16.1 Å². The molecule has 24 heavy (non-hydrogen) atoms. The highest BCUT2D eigenvalue weighted by Crippen LogP contribution is 2.58. The molecule has 130 valence electrons. The van der Waals surface area contributed by atoms with Gasteiger partial charge in [0.1, 0.15) is 7.67 Å². The van der Waals surface area contributed by atoms with Gasteiger partial charge >= 0.3 is 0 Å². The summed E-state index contributed by atoms with van der Waals surface area (Å²) in [5, 5.41) is 0. The summed E-state index contributed by atoms with van der Waals surface area (Å²) in [6, 6.07) is 0. The Morgan fingerprint density at radius 1 is 0.833 bits per heavy atom. The number of hydrogen-bond acceptors (Lipinski definition) is 9. The minimum absolute atomic E-state index is 1.02. The second-order valence-electron chi connectivity index (χ2n) is 4.08. The topological polar surface area (TPSA) is 0 Å². The van der Waals surface area contributed by atoms with Crippen molar-refractivity contribution >= 4 is 146 Å². The zero-order valence-electron chi connectivity index (χ0n) is 12.3. The van der Waals surface area contributed by atoms with Gasteiger partial charge in [-0.3, -0.25) is 0 Å². The highest BCUT2D eigenvalue weighted by Gasteiger charge is 2.24. The van der Waals surface area contributed by atoms with Crippen LogP contribution in [0.4, 0.5) is 0 Å². The Kier molecular flexibility index (Phi) is 8.72. The normalized spacial score (nSPS) is 18.5. The highest BCUT2D eigenvalue weighted by molar-refractivity contribution is 9.17. The van der Waals surface area contributed by atoms with Gasteiger partial charge in [-0.05, 0) is 43.4 Å². The largest absolute Gasteiger partial charge is 0.119 e. The first-order valence-corrected chi connectivity index (χ1v) is 15.5. The molecular weight excluding hydrogens is 605 g/mol. The smallest absolute Gasteiger partial charge is 0.110 e. The highest BCUT2D eigenvalue weighted by atomic mass is 79.9. The van der Waals surface area contributed by atoms with Crippen molar-refractivity contribution in [2.75, 3.05) is 11.5 Å². The minimum Gasteiger partial charge on any atom is -0.119 e. The summed E-state index contributed by atoms with van der Waals surface area (Å²) < 4.78 is 11.5. The second-order valence-corrected chi connectivity index (χ2v) is 17.3. The Balaban J connectivity index is 1.99. The van der Waals surface area contributed by atoms with Crippen LogP contribution in [0.5, 0.6) is 0 Å². The Morgan fingerprint density at radius 3 is 1.88 bits per heavy atom. The molecule has 0 N–H and O–H groups in total. The van der Waals surface area contributed by atoms with E-state index in [0.717, 1.165) is 23.0 Å². The molecule has 0 saturated carbocycles. The van der Waals surface area contributed by atoms with E-state index in [2.05, 4.69) is 45.7 Å². The Hall–Kier alpha value is 2.55. The first-order valence-electron chi connectivity index (χ1n) is 6.68. The quantitative estimate of drug-likeness (QED) is 0.310. The number of halogens is 2. The molecule has 0 bridgehead atoms. The molecule has 0 radical (unpaired) electrons. The molecule has 0 fully saturated rings. The fourth-order valence-corrected chi connectivity index (χ4v) is 15.0. The molecule has 2 aliphatic rings. The summed E-state index contributed by atoms with van der Waals surface area (Å²) in [6.07, 6.45) is 0. The molecule has 2 aliphatic heterocycles. The van der Waals surface area contributed by atoms with E-state index in [1.807, 2.05) is 58.4 Å². The van der Waals surface area contributed by atoms with Crippen molar-refractivity contribution in [1.29, 1.82) is 0 Å². The first-order chi connectivity index (χ1) is 11.5. The van der Waals surface area contributed by atoms with Crippen LogP contribution < -0.4 is 8.38 Å². The summed E-state index contributed by atoms with van der Waals surface area (Å²) in [6.45, 7) is 4.43. The molecule has 0 amide bonds. The molecule has 0 aromatic carbocycles. The first kappa shape index (κ1) is 21.3. The molecule has 3 rings (SSSR count). The minimum atomic E-state index is 1.02. The van der Waals surface area contributed by atoms with Crippen molar-refractivity contribution in [2.24, 2.45) is 0 Å². The summed E-state index contributed by atoms with van der Waals surface area (Å²) in [5.41, 5.74) is 0. The molecule has 3 heterocycles. The van der Waals surface area contributed by atoms with E-state index in [1.165, 1.54) is 25.3 Å². The van der Waals surface area contributed by atoms with Crippen LogP contribution in [0.3, 0.4) is 0 Å². The average molecular weight is 615 g/mol. The van der Waals surface area contributed by atoms with Crippen molar-refractivity contribution < 1.29 is 0 Å². The van der Waals surface area contributed by atoms with Gasteiger partial charge < -0.3 is 0 Å². The molecule has 0 spiro atoms. The molecular formula is C13H10Br2S9. The summed E-state index contributed by atoms with van der Waals surface area (Å²) in [7, 11) is 0. The third-order valence-corrected chi connectivity index (χ3v) is 16.6. The van der Waals surface area contributed by atoms with Crippen molar-refractivity contribution in [1.82, 2.24) is 0 Å². The van der Waals surface area contributed by atoms with Gasteiger partial charge in [0, 0.05) is 0 Å². The standard InChI is InChI=1S/C13H10Br2S9/c1-3-17-10-11(18-4-2)24-9(23-10)5-8(16)22-12(19-5)13-20-6(14)7(15)21-13/h3-4H2,1-2H3. The third-order valence-electron chi connectivity index (χ3n) is 2.53. The van der Waals surface area contributed by atoms with Crippen LogP contribution in [0, 0.1) is 3.82 Å². The molecule has 0 atom stereocenters. The van der Waals surface area contributed by atoms with Crippen molar-refractivity contribution in [3.63, 3.8) is 0 Å². The predicted octanol–water partition coefficient (Wildman–Crippen LogP) is 8.18. The summed E-state index contributed by atoms with van der Waals surface area (Å²) >= 11 is 27.7. The molecule has 11 heteroatoms. The fourth-order valence-electron chi connectivity index (χ4n) is 1.65. The van der Waals surface area contributed by atoms with Crippen molar-refractivity contribution in [2.45, 2.75) is 13.8 Å². The average Bonchev–Trinajstić information content (AvgIpc) is 3.20. The van der Waals surface area contributed by atoms with E-state index in [9.17, 15) is 0 Å². The monoisotopic (exact) mass is 612 g/mol. The molecule has 0 unspecified atom stereocenters. The van der Waals surface area contributed by atoms with E-state index < -0.39 is 0 Å². The van der Waals surface area contributed by atoms with Crippen LogP contribution in [0.2, 0.25) is 0 Å². The maximum absolute atomic E-state index is 5.69. The lowest BCUT2D eigenvalue weighted by atomic mass is 10.9. The Labute approximate surface area is 196 Å². The number of rotatable bonds is 4. The summed E-state index contributed by atoms with van der Waals surface area (Å²) in [4.78, 5) is 0.